The summed E-state index contributed by atoms with van der Waals surface area (Å²) in [6.07, 6.45) is 3.10. The van der Waals surface area contributed by atoms with Gasteiger partial charge in [0.25, 0.3) is 0 Å². The van der Waals surface area contributed by atoms with Crippen LogP contribution in [-0.2, 0) is 0 Å². The van der Waals surface area contributed by atoms with Crippen LogP contribution in [0.2, 0.25) is 0 Å². The molecule has 0 unspecified atom stereocenters. The average Bonchev–Trinajstić information content (AvgIpc) is 2.85. The van der Waals surface area contributed by atoms with Crippen LogP contribution in [0.1, 0.15) is 11.1 Å². The lowest BCUT2D eigenvalue weighted by molar-refractivity contribution is 0.373. The van der Waals surface area contributed by atoms with Crippen LogP contribution in [0.15, 0.2) is 70.9 Å². The zero-order valence-corrected chi connectivity index (χ0v) is 18.4. The summed E-state index contributed by atoms with van der Waals surface area (Å²) < 4.78 is 10.1. The van der Waals surface area contributed by atoms with E-state index in [2.05, 4.69) is 31.3 Å². The molecule has 1 aromatic heterocycles. The minimum atomic E-state index is 0.0255. The lowest BCUT2D eigenvalue weighted by Gasteiger charge is -2.08. The number of anilines is 2. The lowest BCUT2D eigenvalue weighted by atomic mass is 10.2. The maximum Gasteiger partial charge on any atom is 0.176 e. The Morgan fingerprint density at radius 1 is 0.706 bits per heavy atom. The smallest absolute Gasteiger partial charge is 0.176 e. The predicted molar refractivity (Wildman–Crippen MR) is 131 cm³/mol. The zero-order chi connectivity index (χ0) is 23.9. The number of nitrogens with zero attached hydrogens (tertiary/aromatic N) is 4. The van der Waals surface area contributed by atoms with Gasteiger partial charge < -0.3 is 19.7 Å². The number of hydrogen-bond donors (Lipinski definition) is 4. The van der Waals surface area contributed by atoms with Crippen LogP contribution in [0.3, 0.4) is 0 Å². The minimum absolute atomic E-state index is 0.0255. The number of rotatable bonds is 8. The Morgan fingerprint density at radius 2 is 1.15 bits per heavy atom. The van der Waals surface area contributed by atoms with E-state index in [1.165, 1.54) is 14.2 Å². The first-order valence-electron chi connectivity index (χ1n) is 10.2. The van der Waals surface area contributed by atoms with E-state index in [-0.39, 0.29) is 11.5 Å². The van der Waals surface area contributed by atoms with Crippen molar-refractivity contribution in [3.05, 3.63) is 71.8 Å². The molecule has 172 valence electrons. The van der Waals surface area contributed by atoms with Gasteiger partial charge in [-0.3, -0.25) is 10.9 Å². The third kappa shape index (κ3) is 4.96. The summed E-state index contributed by atoms with van der Waals surface area (Å²) >= 11 is 0. The molecule has 0 aliphatic heterocycles. The van der Waals surface area contributed by atoms with Gasteiger partial charge in [-0.05, 0) is 47.5 Å². The molecule has 0 spiro atoms. The molecule has 4 aromatic rings. The van der Waals surface area contributed by atoms with E-state index in [1.54, 1.807) is 48.8 Å². The first-order valence-corrected chi connectivity index (χ1v) is 10.2. The third-order valence-corrected chi connectivity index (χ3v) is 4.86. The maximum absolute atomic E-state index is 9.89. The fourth-order valence-electron chi connectivity index (χ4n) is 3.18. The molecule has 10 heteroatoms. The van der Waals surface area contributed by atoms with E-state index >= 15 is 0 Å². The first kappa shape index (κ1) is 22.3. The van der Waals surface area contributed by atoms with E-state index < -0.39 is 0 Å². The molecule has 0 fully saturated rings. The highest BCUT2D eigenvalue weighted by atomic mass is 16.5. The summed E-state index contributed by atoms with van der Waals surface area (Å²) in [5.74, 6) is 1.74. The van der Waals surface area contributed by atoms with Gasteiger partial charge in [-0.1, -0.05) is 24.3 Å². The van der Waals surface area contributed by atoms with Gasteiger partial charge in [0.1, 0.15) is 0 Å². The maximum atomic E-state index is 9.89. The highest BCUT2D eigenvalue weighted by molar-refractivity contribution is 5.98. The average molecular weight is 458 g/mol. The monoisotopic (exact) mass is 458 g/mol. The van der Waals surface area contributed by atoms with Crippen molar-refractivity contribution in [3.63, 3.8) is 0 Å². The fourth-order valence-corrected chi connectivity index (χ4v) is 3.18. The number of fused-ring (bicyclic) bond motifs is 1. The number of nitrogens with one attached hydrogen (secondary N) is 2. The van der Waals surface area contributed by atoms with Crippen molar-refractivity contribution in [1.29, 1.82) is 0 Å². The number of ether oxygens (including phenoxy) is 2. The van der Waals surface area contributed by atoms with E-state index in [9.17, 15) is 10.2 Å². The summed E-state index contributed by atoms with van der Waals surface area (Å²) in [6, 6.07) is 17.5. The number of phenols is 2. The number of benzene rings is 3. The molecule has 0 saturated carbocycles. The van der Waals surface area contributed by atoms with Crippen molar-refractivity contribution >= 4 is 34.8 Å². The summed E-state index contributed by atoms with van der Waals surface area (Å²) in [7, 11) is 2.98. The first-order chi connectivity index (χ1) is 16.6. The molecule has 4 N–H and O–H groups in total. The van der Waals surface area contributed by atoms with Crippen LogP contribution in [0.25, 0.3) is 10.8 Å². The third-order valence-electron chi connectivity index (χ3n) is 4.86. The van der Waals surface area contributed by atoms with Crippen molar-refractivity contribution in [3.8, 4) is 23.0 Å². The number of aromatic hydroxyl groups is 2. The van der Waals surface area contributed by atoms with Crippen molar-refractivity contribution in [2.75, 3.05) is 25.1 Å². The van der Waals surface area contributed by atoms with Crippen LogP contribution in [0, 0.1) is 0 Å². The molecule has 4 rings (SSSR count). The Bertz CT molecular complexity index is 1270. The molecule has 3 aromatic carbocycles. The number of phenolic OH excluding ortho intramolecular Hbond substituents is 2. The van der Waals surface area contributed by atoms with E-state index in [4.69, 9.17) is 9.47 Å². The van der Waals surface area contributed by atoms with Gasteiger partial charge in [0, 0.05) is 10.8 Å². The molecule has 10 nitrogen and oxygen atoms in total. The second kappa shape index (κ2) is 10.2. The Labute approximate surface area is 195 Å². The van der Waals surface area contributed by atoms with Gasteiger partial charge in [0.15, 0.2) is 34.6 Å². The second-order valence-electron chi connectivity index (χ2n) is 7.05. The summed E-state index contributed by atoms with van der Waals surface area (Å²) in [5.41, 5.74) is 7.14. The van der Waals surface area contributed by atoms with Crippen LogP contribution in [-0.4, -0.2) is 47.1 Å². The van der Waals surface area contributed by atoms with Gasteiger partial charge in [-0.25, -0.2) is 0 Å². The molecule has 0 amide bonds. The van der Waals surface area contributed by atoms with Crippen LogP contribution < -0.4 is 20.3 Å². The Kier molecular flexibility index (Phi) is 6.68. The van der Waals surface area contributed by atoms with Gasteiger partial charge in [-0.2, -0.15) is 10.2 Å². The molecule has 0 radical (unpaired) electrons. The van der Waals surface area contributed by atoms with Crippen molar-refractivity contribution < 1.29 is 19.7 Å². The molecule has 0 saturated heterocycles. The van der Waals surface area contributed by atoms with Crippen LogP contribution in [0.4, 0.5) is 11.6 Å². The normalized spacial score (nSPS) is 11.2. The van der Waals surface area contributed by atoms with Crippen LogP contribution >= 0.6 is 0 Å². The van der Waals surface area contributed by atoms with Crippen LogP contribution in [0.5, 0.6) is 23.0 Å². The van der Waals surface area contributed by atoms with E-state index in [1.807, 2.05) is 24.3 Å². The van der Waals surface area contributed by atoms with Crippen molar-refractivity contribution in [1.82, 2.24) is 10.2 Å². The minimum Gasteiger partial charge on any atom is -0.504 e. The summed E-state index contributed by atoms with van der Waals surface area (Å²) in [4.78, 5) is 0. The lowest BCUT2D eigenvalue weighted by Crippen LogP contribution is -2.01. The van der Waals surface area contributed by atoms with Gasteiger partial charge in [0.2, 0.25) is 0 Å². The molecule has 0 bridgehead atoms. The number of aromatic nitrogens is 2. The molecule has 0 aliphatic rings. The van der Waals surface area contributed by atoms with E-state index in [0.717, 1.165) is 10.8 Å². The quantitative estimate of drug-likeness (QED) is 0.230. The fraction of sp³-hybridized carbons (Fsp3) is 0.0833. The SMILES string of the molecule is COc1ccc(/C=N/Nc2nnc(N/N=C/c3ccc(OC)c(O)c3)c3ccccc23)cc1O. The van der Waals surface area contributed by atoms with E-state index in [0.29, 0.717) is 34.3 Å². The second-order valence-corrected chi connectivity index (χ2v) is 7.05. The number of hydrazone groups is 2. The van der Waals surface area contributed by atoms with Gasteiger partial charge in [0.05, 0.1) is 26.6 Å². The number of hydrogen-bond acceptors (Lipinski definition) is 10. The van der Waals surface area contributed by atoms with Gasteiger partial charge >= 0.3 is 0 Å². The Morgan fingerprint density at radius 3 is 1.53 bits per heavy atom. The standard InChI is InChI=1S/C24H22N6O4/c1-33-21-9-7-15(11-19(21)31)13-25-27-23-17-5-3-4-6-18(17)24(30-29-23)28-26-14-16-8-10-22(34-2)20(32)12-16/h3-14,31-32H,1-2H3,(H,27,29)(H,28,30)/b25-13+,26-14+. The predicted octanol–water partition coefficient (Wildman–Crippen LogP) is 3.95. The largest absolute Gasteiger partial charge is 0.504 e. The summed E-state index contributed by atoms with van der Waals surface area (Å²) in [5, 5.41) is 38.2. The molecule has 1 heterocycles. The topological polar surface area (TPSA) is 133 Å². The van der Waals surface area contributed by atoms with Crippen molar-refractivity contribution in [2.24, 2.45) is 10.2 Å². The molecule has 0 atom stereocenters. The molecule has 34 heavy (non-hydrogen) atoms. The van der Waals surface area contributed by atoms with Crippen molar-refractivity contribution in [2.45, 2.75) is 0 Å². The Balaban J connectivity index is 1.51. The molecular formula is C24H22N6O4. The molecular weight excluding hydrogens is 436 g/mol. The summed E-state index contributed by atoms with van der Waals surface area (Å²) in [6.45, 7) is 0. The van der Waals surface area contributed by atoms with Gasteiger partial charge in [-0.15, -0.1) is 10.2 Å². The molecule has 0 aliphatic carbocycles. The highest BCUT2D eigenvalue weighted by Gasteiger charge is 2.08. The zero-order valence-electron chi connectivity index (χ0n) is 18.4. The Hall–Kier alpha value is -4.86. The highest BCUT2D eigenvalue weighted by Crippen LogP contribution is 2.28. The number of methoxy groups -OCH3 is 2.